The standard InChI is InChI=1S/C11H18N2S/c1-4-5-10-7(2)8(3)11(14-10)9(13)6-12/h6H,4-5,12-13H2,1-3H3/b9-6+. The van der Waals surface area contributed by atoms with E-state index in [1.165, 1.54) is 28.6 Å². The van der Waals surface area contributed by atoms with Gasteiger partial charge < -0.3 is 11.5 Å². The molecule has 1 aromatic heterocycles. The van der Waals surface area contributed by atoms with Gasteiger partial charge in [0.25, 0.3) is 0 Å². The largest absolute Gasteiger partial charge is 0.403 e. The van der Waals surface area contributed by atoms with Crippen LogP contribution in [0.3, 0.4) is 0 Å². The SMILES string of the molecule is CCCc1sc(/C(N)=C\N)c(C)c1C. The summed E-state index contributed by atoms with van der Waals surface area (Å²) in [7, 11) is 0. The predicted octanol–water partition coefficient (Wildman–Crippen LogP) is 2.53. The van der Waals surface area contributed by atoms with E-state index >= 15 is 0 Å². The van der Waals surface area contributed by atoms with Crippen molar-refractivity contribution in [2.75, 3.05) is 0 Å². The van der Waals surface area contributed by atoms with Crippen LogP contribution in [0.1, 0.15) is 34.2 Å². The number of nitrogens with two attached hydrogens (primary N) is 2. The van der Waals surface area contributed by atoms with E-state index in [0.29, 0.717) is 5.70 Å². The van der Waals surface area contributed by atoms with Crippen LogP contribution in [0.2, 0.25) is 0 Å². The fraction of sp³-hybridized carbons (Fsp3) is 0.455. The van der Waals surface area contributed by atoms with Crippen molar-refractivity contribution in [3.63, 3.8) is 0 Å². The average molecular weight is 210 g/mol. The van der Waals surface area contributed by atoms with Crippen molar-refractivity contribution in [2.45, 2.75) is 33.6 Å². The van der Waals surface area contributed by atoms with Crippen molar-refractivity contribution in [2.24, 2.45) is 11.5 Å². The summed E-state index contributed by atoms with van der Waals surface area (Å²) in [4.78, 5) is 2.57. The Bertz CT molecular complexity index is 350. The van der Waals surface area contributed by atoms with Crippen LogP contribution in [-0.2, 0) is 6.42 Å². The Morgan fingerprint density at radius 2 is 2.00 bits per heavy atom. The van der Waals surface area contributed by atoms with Gasteiger partial charge in [0.05, 0.1) is 10.6 Å². The van der Waals surface area contributed by atoms with E-state index in [-0.39, 0.29) is 0 Å². The van der Waals surface area contributed by atoms with Crippen molar-refractivity contribution in [3.8, 4) is 0 Å². The highest BCUT2D eigenvalue weighted by Gasteiger charge is 2.11. The molecule has 0 amide bonds. The molecule has 1 aromatic rings. The van der Waals surface area contributed by atoms with E-state index in [4.69, 9.17) is 11.5 Å². The summed E-state index contributed by atoms with van der Waals surface area (Å²) < 4.78 is 0. The molecule has 0 unspecified atom stereocenters. The summed E-state index contributed by atoms with van der Waals surface area (Å²) in [6.45, 7) is 6.46. The van der Waals surface area contributed by atoms with Crippen LogP contribution >= 0.6 is 11.3 Å². The molecule has 2 nitrogen and oxygen atoms in total. The van der Waals surface area contributed by atoms with E-state index in [9.17, 15) is 0 Å². The first-order chi connectivity index (χ1) is 6.61. The summed E-state index contributed by atoms with van der Waals surface area (Å²) in [5.41, 5.74) is 14.6. The molecule has 1 heterocycles. The van der Waals surface area contributed by atoms with Crippen LogP contribution in [0.15, 0.2) is 6.20 Å². The van der Waals surface area contributed by atoms with Crippen LogP contribution in [-0.4, -0.2) is 0 Å². The smallest absolute Gasteiger partial charge is 0.0649 e. The molecular weight excluding hydrogens is 192 g/mol. The molecule has 3 heteroatoms. The van der Waals surface area contributed by atoms with Crippen molar-refractivity contribution in [1.29, 1.82) is 0 Å². The topological polar surface area (TPSA) is 52.0 Å². The molecule has 4 N–H and O–H groups in total. The van der Waals surface area contributed by atoms with Gasteiger partial charge in [-0.3, -0.25) is 0 Å². The summed E-state index contributed by atoms with van der Waals surface area (Å²) in [6.07, 6.45) is 3.79. The second-order valence-electron chi connectivity index (χ2n) is 3.48. The third-order valence-corrected chi connectivity index (χ3v) is 3.97. The lowest BCUT2D eigenvalue weighted by Gasteiger charge is -1.97. The number of rotatable bonds is 3. The Morgan fingerprint density at radius 1 is 1.36 bits per heavy atom. The zero-order valence-electron chi connectivity index (χ0n) is 9.05. The van der Waals surface area contributed by atoms with Gasteiger partial charge in [0.15, 0.2) is 0 Å². The molecule has 0 spiro atoms. The highest BCUT2D eigenvalue weighted by molar-refractivity contribution is 7.13. The van der Waals surface area contributed by atoms with Crippen LogP contribution < -0.4 is 11.5 Å². The van der Waals surface area contributed by atoms with Crippen LogP contribution in [0.4, 0.5) is 0 Å². The molecule has 14 heavy (non-hydrogen) atoms. The minimum Gasteiger partial charge on any atom is -0.403 e. The van der Waals surface area contributed by atoms with Crippen molar-refractivity contribution in [3.05, 3.63) is 27.1 Å². The number of hydrogen-bond donors (Lipinski definition) is 2. The predicted molar refractivity (Wildman–Crippen MR) is 64.1 cm³/mol. The molecule has 0 fully saturated rings. The Labute approximate surface area is 89.6 Å². The van der Waals surface area contributed by atoms with Gasteiger partial charge in [-0.25, -0.2) is 0 Å². The molecule has 0 bridgehead atoms. The highest BCUT2D eigenvalue weighted by Crippen LogP contribution is 2.31. The maximum absolute atomic E-state index is 5.82. The van der Waals surface area contributed by atoms with Gasteiger partial charge in [0.2, 0.25) is 0 Å². The number of aryl methyl sites for hydroxylation is 1. The maximum Gasteiger partial charge on any atom is 0.0649 e. The lowest BCUT2D eigenvalue weighted by Crippen LogP contribution is -1.98. The summed E-state index contributed by atoms with van der Waals surface area (Å²) >= 11 is 1.77. The van der Waals surface area contributed by atoms with Gasteiger partial charge in [-0.15, -0.1) is 11.3 Å². The van der Waals surface area contributed by atoms with Gasteiger partial charge in [-0.1, -0.05) is 13.3 Å². The van der Waals surface area contributed by atoms with E-state index < -0.39 is 0 Å². The Hall–Kier alpha value is -0.960. The molecule has 0 atom stereocenters. The maximum atomic E-state index is 5.82. The molecule has 0 aliphatic heterocycles. The molecule has 0 aromatic carbocycles. The monoisotopic (exact) mass is 210 g/mol. The van der Waals surface area contributed by atoms with Gasteiger partial charge in [0.1, 0.15) is 0 Å². The molecule has 0 aliphatic carbocycles. The first kappa shape index (κ1) is 11.1. The first-order valence-electron chi connectivity index (χ1n) is 4.88. The second kappa shape index (κ2) is 4.51. The van der Waals surface area contributed by atoms with Crippen molar-refractivity contribution in [1.82, 2.24) is 0 Å². The quantitative estimate of drug-likeness (QED) is 0.805. The molecule has 0 radical (unpaired) electrons. The molecular formula is C11H18N2S. The van der Waals surface area contributed by atoms with Gasteiger partial charge in [-0.05, 0) is 31.4 Å². The van der Waals surface area contributed by atoms with E-state index in [1.807, 2.05) is 0 Å². The van der Waals surface area contributed by atoms with Crippen LogP contribution in [0, 0.1) is 13.8 Å². The Morgan fingerprint density at radius 3 is 2.50 bits per heavy atom. The normalized spacial score (nSPS) is 12.1. The molecule has 0 saturated heterocycles. The van der Waals surface area contributed by atoms with Crippen LogP contribution in [0.5, 0.6) is 0 Å². The van der Waals surface area contributed by atoms with E-state index in [2.05, 4.69) is 20.8 Å². The van der Waals surface area contributed by atoms with Gasteiger partial charge >= 0.3 is 0 Å². The third kappa shape index (κ3) is 1.93. The van der Waals surface area contributed by atoms with E-state index in [1.54, 1.807) is 11.3 Å². The van der Waals surface area contributed by atoms with Gasteiger partial charge in [0, 0.05) is 11.1 Å². The highest BCUT2D eigenvalue weighted by atomic mass is 32.1. The van der Waals surface area contributed by atoms with E-state index in [0.717, 1.165) is 11.3 Å². The molecule has 0 saturated carbocycles. The fourth-order valence-corrected chi connectivity index (χ4v) is 2.82. The Kier molecular flexibility index (Phi) is 3.58. The minimum absolute atomic E-state index is 0.693. The average Bonchev–Trinajstić information content (AvgIpc) is 2.46. The fourth-order valence-electron chi connectivity index (χ4n) is 1.47. The van der Waals surface area contributed by atoms with Crippen LogP contribution in [0.25, 0.3) is 5.70 Å². The second-order valence-corrected chi connectivity index (χ2v) is 4.58. The molecule has 0 aliphatic rings. The summed E-state index contributed by atoms with van der Waals surface area (Å²) in [5, 5.41) is 0. The lowest BCUT2D eigenvalue weighted by atomic mass is 10.1. The molecule has 78 valence electrons. The first-order valence-corrected chi connectivity index (χ1v) is 5.70. The summed E-state index contributed by atoms with van der Waals surface area (Å²) in [6, 6.07) is 0. The van der Waals surface area contributed by atoms with Crippen molar-refractivity contribution >= 4 is 17.0 Å². The Balaban J connectivity index is 3.15. The summed E-state index contributed by atoms with van der Waals surface area (Å²) in [5.74, 6) is 0. The minimum atomic E-state index is 0.693. The molecule has 1 rings (SSSR count). The van der Waals surface area contributed by atoms with Gasteiger partial charge in [-0.2, -0.15) is 0 Å². The zero-order chi connectivity index (χ0) is 10.7. The number of hydrogen-bond acceptors (Lipinski definition) is 3. The zero-order valence-corrected chi connectivity index (χ0v) is 9.87. The third-order valence-electron chi connectivity index (χ3n) is 2.47. The lowest BCUT2D eigenvalue weighted by molar-refractivity contribution is 0.931. The van der Waals surface area contributed by atoms with Crippen molar-refractivity contribution < 1.29 is 0 Å². The number of thiophene rings is 1.